The maximum Gasteiger partial charge on any atom is 0.326 e. The number of hydrogen-bond donors (Lipinski definition) is 5. The molecule has 6 N–H and O–H groups in total. The van der Waals surface area contributed by atoms with Gasteiger partial charge >= 0.3 is 11.9 Å². The van der Waals surface area contributed by atoms with Crippen LogP contribution >= 0.6 is 0 Å². The number of hydrogen-bond acceptors (Lipinski definition) is 7. The van der Waals surface area contributed by atoms with E-state index in [9.17, 15) is 24.3 Å². The summed E-state index contributed by atoms with van der Waals surface area (Å²) in [6, 6.07) is 5.50. The van der Waals surface area contributed by atoms with Crippen molar-refractivity contribution in [2.75, 3.05) is 5.73 Å². The van der Waals surface area contributed by atoms with Crippen molar-refractivity contribution < 1.29 is 24.2 Å². The van der Waals surface area contributed by atoms with Crippen LogP contribution in [0, 0.1) is 0 Å². The van der Waals surface area contributed by atoms with Gasteiger partial charge in [0.15, 0.2) is 0 Å². The number of carbonyl (C=O) groups excluding carboxylic acids is 2. The maximum atomic E-state index is 12.6. The highest BCUT2D eigenvalue weighted by Crippen LogP contribution is 2.16. The molecule has 0 fully saturated rings. The van der Waals surface area contributed by atoms with Gasteiger partial charge in [-0.15, -0.1) is 0 Å². The zero-order valence-electron chi connectivity index (χ0n) is 19.8. The molecule has 3 rings (SSSR count). The summed E-state index contributed by atoms with van der Waals surface area (Å²) in [5.74, 6) is -2.28. The highest BCUT2D eigenvalue weighted by Gasteiger charge is 2.24. The van der Waals surface area contributed by atoms with E-state index in [1.54, 1.807) is 51.2 Å². The molecule has 1 aromatic carbocycles. The summed E-state index contributed by atoms with van der Waals surface area (Å²) in [4.78, 5) is 57.7. The summed E-state index contributed by atoms with van der Waals surface area (Å²) < 4.78 is 5.18. The van der Waals surface area contributed by atoms with Gasteiger partial charge in [-0.25, -0.2) is 4.79 Å². The molecule has 0 spiro atoms. The van der Waals surface area contributed by atoms with Gasteiger partial charge in [-0.1, -0.05) is 12.1 Å². The number of carbonyl (C=O) groups is 3. The number of aromatic nitrogens is 3. The van der Waals surface area contributed by atoms with E-state index in [1.165, 1.54) is 0 Å². The number of aromatic amines is 2. The minimum absolute atomic E-state index is 0.0414. The third kappa shape index (κ3) is 6.92. The number of benzene rings is 1. The molecule has 0 unspecified atom stereocenters. The second kappa shape index (κ2) is 10.4. The van der Waals surface area contributed by atoms with E-state index < -0.39 is 29.5 Å². The molecular weight excluding hydrogens is 454 g/mol. The highest BCUT2D eigenvalue weighted by atomic mass is 16.6. The molecule has 2 aromatic heterocycles. The van der Waals surface area contributed by atoms with Crippen LogP contribution in [0.2, 0.25) is 0 Å². The van der Waals surface area contributed by atoms with Gasteiger partial charge in [-0.2, -0.15) is 4.98 Å². The molecule has 2 heterocycles. The number of H-pyrrole nitrogens is 2. The minimum atomic E-state index is -1.23. The molecule has 1 atom stereocenters. The summed E-state index contributed by atoms with van der Waals surface area (Å²) in [5.41, 5.74) is 7.02. The quantitative estimate of drug-likeness (QED) is 0.286. The van der Waals surface area contributed by atoms with Gasteiger partial charge in [-0.05, 0) is 63.3 Å². The Morgan fingerprint density at radius 3 is 2.49 bits per heavy atom. The molecule has 0 aliphatic heterocycles. The Balaban J connectivity index is 1.58. The van der Waals surface area contributed by atoms with Crippen molar-refractivity contribution in [3.05, 3.63) is 57.5 Å². The number of carboxylic acid groups (broad SMARTS) is 1. The second-order valence-corrected chi connectivity index (χ2v) is 9.18. The molecule has 0 saturated carbocycles. The van der Waals surface area contributed by atoms with Crippen LogP contribution in [0.1, 0.15) is 55.1 Å². The lowest BCUT2D eigenvalue weighted by molar-refractivity contribution is -0.155. The average Bonchev–Trinajstić information content (AvgIpc) is 3.17. The topological polar surface area (TPSA) is 180 Å². The molecule has 0 radical (unpaired) electrons. The number of nitrogen functional groups attached to an aromatic ring is 1. The summed E-state index contributed by atoms with van der Waals surface area (Å²) in [7, 11) is 0. The molecule has 11 nitrogen and oxygen atoms in total. The predicted octanol–water partition coefficient (Wildman–Crippen LogP) is 1.92. The number of nitrogens with two attached hydrogens (primary N) is 1. The third-order valence-corrected chi connectivity index (χ3v) is 5.20. The van der Waals surface area contributed by atoms with E-state index in [4.69, 9.17) is 10.5 Å². The van der Waals surface area contributed by atoms with Crippen molar-refractivity contribution >= 4 is 34.8 Å². The van der Waals surface area contributed by atoms with Gasteiger partial charge in [0, 0.05) is 18.2 Å². The lowest BCUT2D eigenvalue weighted by Crippen LogP contribution is -2.41. The van der Waals surface area contributed by atoms with Crippen LogP contribution in [0.25, 0.3) is 11.0 Å². The Morgan fingerprint density at radius 1 is 1.17 bits per heavy atom. The van der Waals surface area contributed by atoms with Gasteiger partial charge in [0.05, 0.1) is 5.39 Å². The zero-order valence-corrected chi connectivity index (χ0v) is 19.8. The standard InChI is InChI=1S/C24H29N5O6/c1-24(2,3)35-17(30)11-10-16(22(33)34)27-20(31)14-7-4-13(5-8-14)6-9-15-12-26-19-18(15)21(32)29-23(25)28-19/h4-5,7-8,12,16H,6,9-11H2,1-3H3,(H,27,31)(H,33,34)(H4,25,26,28,29,32)/t16-/m0/s1. The zero-order chi connectivity index (χ0) is 25.8. The van der Waals surface area contributed by atoms with E-state index >= 15 is 0 Å². The Labute approximate surface area is 201 Å². The first-order valence-electron chi connectivity index (χ1n) is 11.1. The van der Waals surface area contributed by atoms with Crippen molar-refractivity contribution in [2.24, 2.45) is 0 Å². The SMILES string of the molecule is CC(C)(C)OC(=O)CC[C@H](NC(=O)c1ccc(CCc2c[nH]c3nc(N)[nH]c(=O)c23)cc1)C(=O)O. The van der Waals surface area contributed by atoms with Crippen LogP contribution in [-0.2, 0) is 27.2 Å². The Hall–Kier alpha value is -4.15. The molecular formula is C24H29N5O6. The lowest BCUT2D eigenvalue weighted by atomic mass is 10.0. The summed E-state index contributed by atoms with van der Waals surface area (Å²) in [5, 5.41) is 12.3. The van der Waals surface area contributed by atoms with Crippen LogP contribution in [0.5, 0.6) is 0 Å². The first-order chi connectivity index (χ1) is 16.4. The van der Waals surface area contributed by atoms with E-state index in [1.807, 2.05) is 0 Å². The van der Waals surface area contributed by atoms with E-state index in [-0.39, 0.29) is 24.3 Å². The second-order valence-electron chi connectivity index (χ2n) is 9.18. The van der Waals surface area contributed by atoms with Gasteiger partial charge in [-0.3, -0.25) is 19.4 Å². The maximum absolute atomic E-state index is 12.6. The average molecular weight is 484 g/mol. The van der Waals surface area contributed by atoms with Crippen LogP contribution in [0.4, 0.5) is 5.95 Å². The number of nitrogens with one attached hydrogen (secondary N) is 3. The molecule has 3 aromatic rings. The molecule has 0 aliphatic rings. The molecule has 186 valence electrons. The van der Waals surface area contributed by atoms with Crippen molar-refractivity contribution in [1.82, 2.24) is 20.3 Å². The van der Waals surface area contributed by atoms with Gasteiger partial charge in [0.25, 0.3) is 11.5 Å². The van der Waals surface area contributed by atoms with Gasteiger partial charge in [0.1, 0.15) is 17.3 Å². The number of anilines is 1. The fraction of sp³-hybridized carbons (Fsp3) is 0.375. The van der Waals surface area contributed by atoms with Crippen LogP contribution in [0.15, 0.2) is 35.3 Å². The van der Waals surface area contributed by atoms with Crippen molar-refractivity contribution in [1.29, 1.82) is 0 Å². The molecule has 0 aliphatic carbocycles. The fourth-order valence-corrected chi connectivity index (χ4v) is 3.57. The number of aliphatic carboxylic acids is 1. The van der Waals surface area contributed by atoms with Crippen molar-refractivity contribution in [3.63, 3.8) is 0 Å². The number of rotatable bonds is 9. The number of esters is 1. The highest BCUT2D eigenvalue weighted by molar-refractivity contribution is 5.96. The minimum Gasteiger partial charge on any atom is -0.480 e. The number of amides is 1. The van der Waals surface area contributed by atoms with Crippen LogP contribution in [-0.4, -0.2) is 49.5 Å². The van der Waals surface area contributed by atoms with E-state index in [0.29, 0.717) is 29.4 Å². The Morgan fingerprint density at radius 2 is 1.86 bits per heavy atom. The number of aryl methyl sites for hydroxylation is 2. The first kappa shape index (κ1) is 25.5. The van der Waals surface area contributed by atoms with Crippen molar-refractivity contribution in [2.45, 2.75) is 58.1 Å². The van der Waals surface area contributed by atoms with Crippen LogP contribution < -0.4 is 16.6 Å². The molecule has 0 saturated heterocycles. The Bertz CT molecular complexity index is 1290. The Kier molecular flexibility index (Phi) is 7.58. The molecule has 11 heteroatoms. The number of fused-ring (bicyclic) bond motifs is 1. The smallest absolute Gasteiger partial charge is 0.326 e. The number of carboxylic acids is 1. The third-order valence-electron chi connectivity index (χ3n) is 5.20. The first-order valence-corrected chi connectivity index (χ1v) is 11.1. The molecule has 35 heavy (non-hydrogen) atoms. The molecule has 0 bridgehead atoms. The normalized spacial score (nSPS) is 12.3. The van der Waals surface area contributed by atoms with Crippen molar-refractivity contribution in [3.8, 4) is 0 Å². The largest absolute Gasteiger partial charge is 0.480 e. The molecule has 1 amide bonds. The lowest BCUT2D eigenvalue weighted by Gasteiger charge is -2.20. The van der Waals surface area contributed by atoms with Gasteiger partial charge < -0.3 is 25.9 Å². The summed E-state index contributed by atoms with van der Waals surface area (Å²) in [6.45, 7) is 5.16. The predicted molar refractivity (Wildman–Crippen MR) is 129 cm³/mol. The van der Waals surface area contributed by atoms with E-state index in [0.717, 1.165) is 11.1 Å². The monoisotopic (exact) mass is 483 g/mol. The number of ether oxygens (including phenoxy) is 1. The summed E-state index contributed by atoms with van der Waals surface area (Å²) in [6.07, 6.45) is 2.67. The van der Waals surface area contributed by atoms with E-state index in [2.05, 4.69) is 20.3 Å². The van der Waals surface area contributed by atoms with Crippen LogP contribution in [0.3, 0.4) is 0 Å². The van der Waals surface area contributed by atoms with Gasteiger partial charge in [0.2, 0.25) is 5.95 Å². The summed E-state index contributed by atoms with van der Waals surface area (Å²) >= 11 is 0. The number of nitrogens with zero attached hydrogens (tertiary/aromatic N) is 1. The fourth-order valence-electron chi connectivity index (χ4n) is 3.57.